The number of nitrogens with one attached hydrogen (secondary N) is 1. The summed E-state index contributed by atoms with van der Waals surface area (Å²) in [5, 5.41) is 11.2. The van der Waals surface area contributed by atoms with E-state index in [4.69, 9.17) is 5.11 Å². The Balaban J connectivity index is 2.97. The van der Waals surface area contributed by atoms with Crippen LogP contribution in [0, 0.1) is 0 Å². The van der Waals surface area contributed by atoms with Crippen molar-refractivity contribution in [3.05, 3.63) is 0 Å². The SMILES string of the molecule is CCCCCCCCCCCCCNC(=O)CO. The van der Waals surface area contributed by atoms with E-state index in [1.54, 1.807) is 0 Å². The van der Waals surface area contributed by atoms with Gasteiger partial charge < -0.3 is 10.4 Å². The van der Waals surface area contributed by atoms with Crippen LogP contribution in [0.4, 0.5) is 0 Å². The Morgan fingerprint density at radius 1 is 0.833 bits per heavy atom. The van der Waals surface area contributed by atoms with E-state index in [0.717, 1.165) is 6.42 Å². The average molecular weight is 257 g/mol. The minimum absolute atomic E-state index is 0.262. The van der Waals surface area contributed by atoms with Crippen molar-refractivity contribution in [2.75, 3.05) is 13.2 Å². The fourth-order valence-electron chi connectivity index (χ4n) is 2.07. The number of hydrogen-bond donors (Lipinski definition) is 2. The van der Waals surface area contributed by atoms with Gasteiger partial charge >= 0.3 is 0 Å². The Bertz CT molecular complexity index is 183. The number of hydrogen-bond acceptors (Lipinski definition) is 2. The van der Waals surface area contributed by atoms with Gasteiger partial charge in [0.25, 0.3) is 0 Å². The first-order valence-electron chi connectivity index (χ1n) is 7.68. The van der Waals surface area contributed by atoms with Crippen molar-refractivity contribution in [1.29, 1.82) is 0 Å². The quantitative estimate of drug-likeness (QED) is 0.497. The van der Waals surface area contributed by atoms with Crippen LogP contribution in [-0.4, -0.2) is 24.2 Å². The first-order chi connectivity index (χ1) is 8.81. The summed E-state index contributed by atoms with van der Waals surface area (Å²) in [7, 11) is 0. The van der Waals surface area contributed by atoms with Crippen LogP contribution in [-0.2, 0) is 4.79 Å². The highest BCUT2D eigenvalue weighted by atomic mass is 16.3. The van der Waals surface area contributed by atoms with Crippen LogP contribution in [0.15, 0.2) is 0 Å². The van der Waals surface area contributed by atoms with Crippen LogP contribution in [0.3, 0.4) is 0 Å². The largest absolute Gasteiger partial charge is 0.387 e. The number of unbranched alkanes of at least 4 members (excludes halogenated alkanes) is 10. The van der Waals surface area contributed by atoms with Crippen LogP contribution >= 0.6 is 0 Å². The molecule has 0 unspecified atom stereocenters. The van der Waals surface area contributed by atoms with E-state index in [-0.39, 0.29) is 5.91 Å². The molecule has 0 heterocycles. The Morgan fingerprint density at radius 2 is 1.28 bits per heavy atom. The first kappa shape index (κ1) is 17.4. The van der Waals surface area contributed by atoms with Gasteiger partial charge in [-0.3, -0.25) is 4.79 Å². The maximum Gasteiger partial charge on any atom is 0.245 e. The van der Waals surface area contributed by atoms with E-state index in [0.29, 0.717) is 6.54 Å². The van der Waals surface area contributed by atoms with Gasteiger partial charge in [-0.1, -0.05) is 71.1 Å². The van der Waals surface area contributed by atoms with Crippen LogP contribution in [0.5, 0.6) is 0 Å². The molecule has 0 aliphatic carbocycles. The molecule has 0 aromatic heterocycles. The first-order valence-corrected chi connectivity index (χ1v) is 7.68. The molecule has 0 saturated heterocycles. The summed E-state index contributed by atoms with van der Waals surface area (Å²) < 4.78 is 0. The Morgan fingerprint density at radius 3 is 1.72 bits per heavy atom. The average Bonchev–Trinajstić information content (AvgIpc) is 2.39. The molecule has 0 saturated carbocycles. The van der Waals surface area contributed by atoms with E-state index in [1.807, 2.05) is 0 Å². The number of aliphatic hydroxyl groups is 1. The minimum atomic E-state index is -0.391. The molecule has 0 rings (SSSR count). The van der Waals surface area contributed by atoms with Crippen LogP contribution in [0.1, 0.15) is 77.6 Å². The second-order valence-corrected chi connectivity index (χ2v) is 5.04. The minimum Gasteiger partial charge on any atom is -0.387 e. The molecule has 3 nitrogen and oxygen atoms in total. The molecule has 2 N–H and O–H groups in total. The molecular weight excluding hydrogens is 226 g/mol. The molecule has 0 aromatic carbocycles. The normalized spacial score (nSPS) is 10.6. The summed E-state index contributed by atoms with van der Waals surface area (Å²) in [5.74, 6) is -0.262. The molecule has 0 spiro atoms. The lowest BCUT2D eigenvalue weighted by Crippen LogP contribution is -2.26. The van der Waals surface area contributed by atoms with Gasteiger partial charge in [0.05, 0.1) is 0 Å². The molecule has 18 heavy (non-hydrogen) atoms. The molecule has 0 atom stereocenters. The van der Waals surface area contributed by atoms with Gasteiger partial charge in [0, 0.05) is 6.54 Å². The Kier molecular flexibility index (Phi) is 14.0. The Hall–Kier alpha value is -0.570. The zero-order valence-electron chi connectivity index (χ0n) is 12.0. The van der Waals surface area contributed by atoms with Gasteiger partial charge in [0.1, 0.15) is 6.61 Å². The summed E-state index contributed by atoms with van der Waals surface area (Å²) >= 11 is 0. The molecule has 0 bridgehead atoms. The van der Waals surface area contributed by atoms with E-state index in [2.05, 4.69) is 12.2 Å². The van der Waals surface area contributed by atoms with Crippen molar-refractivity contribution in [2.45, 2.75) is 77.6 Å². The third kappa shape index (κ3) is 13.5. The van der Waals surface area contributed by atoms with Gasteiger partial charge in [-0.15, -0.1) is 0 Å². The molecule has 0 aliphatic heterocycles. The fourth-order valence-corrected chi connectivity index (χ4v) is 2.07. The highest BCUT2D eigenvalue weighted by molar-refractivity contribution is 5.76. The summed E-state index contributed by atoms with van der Waals surface area (Å²) in [6.07, 6.45) is 14.5. The number of amides is 1. The van der Waals surface area contributed by atoms with Crippen molar-refractivity contribution in [2.24, 2.45) is 0 Å². The van der Waals surface area contributed by atoms with Crippen LogP contribution < -0.4 is 5.32 Å². The molecule has 0 aromatic rings. The summed E-state index contributed by atoms with van der Waals surface area (Å²) in [6, 6.07) is 0. The van der Waals surface area contributed by atoms with Crippen molar-refractivity contribution in [3.63, 3.8) is 0 Å². The standard InChI is InChI=1S/C15H31NO2/c1-2-3-4-5-6-7-8-9-10-11-12-13-16-15(18)14-17/h17H,2-14H2,1H3,(H,16,18). The maximum atomic E-state index is 10.7. The van der Waals surface area contributed by atoms with Gasteiger partial charge in [-0.2, -0.15) is 0 Å². The lowest BCUT2D eigenvalue weighted by molar-refractivity contribution is -0.123. The van der Waals surface area contributed by atoms with E-state index in [9.17, 15) is 4.79 Å². The second-order valence-electron chi connectivity index (χ2n) is 5.04. The van der Waals surface area contributed by atoms with E-state index >= 15 is 0 Å². The topological polar surface area (TPSA) is 49.3 Å². The van der Waals surface area contributed by atoms with Crippen molar-refractivity contribution < 1.29 is 9.90 Å². The molecule has 0 radical (unpaired) electrons. The Labute approximate surface area is 112 Å². The molecule has 3 heteroatoms. The zero-order valence-corrected chi connectivity index (χ0v) is 12.0. The van der Waals surface area contributed by atoms with Gasteiger partial charge in [-0.25, -0.2) is 0 Å². The molecule has 108 valence electrons. The highest BCUT2D eigenvalue weighted by Crippen LogP contribution is 2.10. The number of carbonyl (C=O) groups is 1. The van der Waals surface area contributed by atoms with E-state index in [1.165, 1.54) is 64.2 Å². The van der Waals surface area contributed by atoms with Crippen molar-refractivity contribution >= 4 is 5.91 Å². The molecule has 0 fully saturated rings. The van der Waals surface area contributed by atoms with Crippen molar-refractivity contribution in [1.82, 2.24) is 5.32 Å². The van der Waals surface area contributed by atoms with Gasteiger partial charge in [0.15, 0.2) is 0 Å². The molecular formula is C15H31NO2. The molecule has 1 amide bonds. The van der Waals surface area contributed by atoms with Crippen LogP contribution in [0.2, 0.25) is 0 Å². The highest BCUT2D eigenvalue weighted by Gasteiger charge is 1.96. The predicted octanol–water partition coefficient (Wildman–Crippen LogP) is 3.41. The zero-order chi connectivity index (χ0) is 13.5. The fraction of sp³-hybridized carbons (Fsp3) is 0.933. The lowest BCUT2D eigenvalue weighted by Gasteiger charge is -2.03. The number of aliphatic hydroxyl groups excluding tert-OH is 1. The van der Waals surface area contributed by atoms with E-state index < -0.39 is 6.61 Å². The summed E-state index contributed by atoms with van der Waals surface area (Å²) in [6.45, 7) is 2.57. The molecule has 0 aliphatic rings. The smallest absolute Gasteiger partial charge is 0.245 e. The van der Waals surface area contributed by atoms with Crippen molar-refractivity contribution in [3.8, 4) is 0 Å². The second kappa shape index (κ2) is 14.5. The van der Waals surface area contributed by atoms with Crippen LogP contribution in [0.25, 0.3) is 0 Å². The lowest BCUT2D eigenvalue weighted by atomic mass is 10.1. The number of rotatable bonds is 13. The number of carbonyl (C=O) groups excluding carboxylic acids is 1. The summed E-state index contributed by atoms with van der Waals surface area (Å²) in [5.41, 5.74) is 0. The third-order valence-electron chi connectivity index (χ3n) is 3.25. The predicted molar refractivity (Wildman–Crippen MR) is 76.6 cm³/mol. The monoisotopic (exact) mass is 257 g/mol. The summed E-state index contributed by atoms with van der Waals surface area (Å²) in [4.78, 5) is 10.7. The maximum absolute atomic E-state index is 10.7. The van der Waals surface area contributed by atoms with Gasteiger partial charge in [0.2, 0.25) is 5.91 Å². The third-order valence-corrected chi connectivity index (χ3v) is 3.25. The van der Waals surface area contributed by atoms with Gasteiger partial charge in [-0.05, 0) is 6.42 Å².